The Morgan fingerprint density at radius 1 is 1.06 bits per heavy atom. The average molecular weight is 228 g/mol. The molecule has 0 saturated carbocycles. The van der Waals surface area contributed by atoms with E-state index in [0.29, 0.717) is 6.54 Å². The highest BCUT2D eigenvalue weighted by Gasteiger charge is 1.98. The standard InChI is InChI=1S/C14H16N2O/c1-12-6-5-9-14(17)16(12)11-10-15-13-7-3-2-4-8-13/h2-9,15H,10-11H2,1H3. The van der Waals surface area contributed by atoms with E-state index in [4.69, 9.17) is 0 Å². The zero-order valence-corrected chi connectivity index (χ0v) is 9.89. The van der Waals surface area contributed by atoms with Crippen molar-refractivity contribution in [2.45, 2.75) is 13.5 Å². The van der Waals surface area contributed by atoms with Crippen LogP contribution in [-0.4, -0.2) is 11.1 Å². The van der Waals surface area contributed by atoms with Crippen LogP contribution in [0, 0.1) is 6.92 Å². The largest absolute Gasteiger partial charge is 0.383 e. The summed E-state index contributed by atoms with van der Waals surface area (Å²) < 4.78 is 1.77. The van der Waals surface area contributed by atoms with Gasteiger partial charge in [0, 0.05) is 30.5 Å². The number of para-hydroxylation sites is 1. The normalized spacial score (nSPS) is 10.2. The molecule has 0 aliphatic rings. The van der Waals surface area contributed by atoms with Crippen LogP contribution in [0.2, 0.25) is 0 Å². The van der Waals surface area contributed by atoms with E-state index in [2.05, 4.69) is 5.32 Å². The summed E-state index contributed by atoms with van der Waals surface area (Å²) in [7, 11) is 0. The minimum absolute atomic E-state index is 0.0554. The van der Waals surface area contributed by atoms with Gasteiger partial charge in [0.1, 0.15) is 0 Å². The highest BCUT2D eigenvalue weighted by molar-refractivity contribution is 5.42. The molecule has 1 aromatic carbocycles. The van der Waals surface area contributed by atoms with Gasteiger partial charge < -0.3 is 9.88 Å². The van der Waals surface area contributed by atoms with Crippen LogP contribution in [0.25, 0.3) is 0 Å². The van der Waals surface area contributed by atoms with Crippen molar-refractivity contribution in [3.8, 4) is 0 Å². The molecule has 1 aromatic heterocycles. The predicted octanol–water partition coefficient (Wildman–Crippen LogP) is 2.27. The number of pyridine rings is 1. The maximum absolute atomic E-state index is 11.6. The Labute approximate surface area is 101 Å². The lowest BCUT2D eigenvalue weighted by atomic mass is 10.3. The number of anilines is 1. The summed E-state index contributed by atoms with van der Waals surface area (Å²) in [4.78, 5) is 11.6. The monoisotopic (exact) mass is 228 g/mol. The molecule has 0 amide bonds. The van der Waals surface area contributed by atoms with Crippen molar-refractivity contribution in [3.63, 3.8) is 0 Å². The first kappa shape index (κ1) is 11.5. The van der Waals surface area contributed by atoms with E-state index in [1.807, 2.05) is 43.3 Å². The fourth-order valence-electron chi connectivity index (χ4n) is 1.78. The third kappa shape index (κ3) is 2.97. The minimum Gasteiger partial charge on any atom is -0.383 e. The Morgan fingerprint density at radius 2 is 1.82 bits per heavy atom. The number of hydrogen-bond acceptors (Lipinski definition) is 2. The topological polar surface area (TPSA) is 34.0 Å². The molecule has 1 N–H and O–H groups in total. The molecule has 0 radical (unpaired) electrons. The summed E-state index contributed by atoms with van der Waals surface area (Å²) in [6.45, 7) is 3.37. The van der Waals surface area contributed by atoms with Crippen LogP contribution in [-0.2, 0) is 6.54 Å². The van der Waals surface area contributed by atoms with Crippen molar-refractivity contribution in [2.24, 2.45) is 0 Å². The molecule has 88 valence electrons. The first-order valence-corrected chi connectivity index (χ1v) is 5.73. The zero-order valence-electron chi connectivity index (χ0n) is 9.89. The van der Waals surface area contributed by atoms with Gasteiger partial charge in [-0.05, 0) is 25.1 Å². The molecule has 0 atom stereocenters. The third-order valence-corrected chi connectivity index (χ3v) is 2.71. The second-order valence-electron chi connectivity index (χ2n) is 3.95. The van der Waals surface area contributed by atoms with Crippen LogP contribution in [0.1, 0.15) is 5.69 Å². The van der Waals surface area contributed by atoms with Crippen molar-refractivity contribution in [1.29, 1.82) is 0 Å². The summed E-state index contributed by atoms with van der Waals surface area (Å²) in [6, 6.07) is 15.3. The summed E-state index contributed by atoms with van der Waals surface area (Å²) in [5.74, 6) is 0. The van der Waals surface area contributed by atoms with Crippen molar-refractivity contribution < 1.29 is 0 Å². The average Bonchev–Trinajstić information content (AvgIpc) is 2.34. The summed E-state index contributed by atoms with van der Waals surface area (Å²) >= 11 is 0. The molecule has 0 unspecified atom stereocenters. The van der Waals surface area contributed by atoms with Crippen LogP contribution >= 0.6 is 0 Å². The first-order chi connectivity index (χ1) is 8.27. The lowest BCUT2D eigenvalue weighted by Crippen LogP contribution is -2.24. The van der Waals surface area contributed by atoms with Crippen molar-refractivity contribution in [3.05, 3.63) is 64.6 Å². The molecule has 2 rings (SSSR count). The molecule has 17 heavy (non-hydrogen) atoms. The van der Waals surface area contributed by atoms with Crippen LogP contribution in [0.5, 0.6) is 0 Å². The van der Waals surface area contributed by atoms with Gasteiger partial charge >= 0.3 is 0 Å². The molecule has 3 nitrogen and oxygen atoms in total. The highest BCUT2D eigenvalue weighted by Crippen LogP contribution is 2.04. The maximum atomic E-state index is 11.6. The van der Waals surface area contributed by atoms with E-state index in [-0.39, 0.29) is 5.56 Å². The Hall–Kier alpha value is -2.03. The van der Waals surface area contributed by atoms with Gasteiger partial charge in [-0.2, -0.15) is 0 Å². The van der Waals surface area contributed by atoms with Gasteiger partial charge in [0.15, 0.2) is 0 Å². The number of aromatic nitrogens is 1. The number of rotatable bonds is 4. The Bertz CT molecular complexity index is 531. The third-order valence-electron chi connectivity index (χ3n) is 2.71. The Morgan fingerprint density at radius 3 is 2.53 bits per heavy atom. The summed E-state index contributed by atoms with van der Waals surface area (Å²) in [5.41, 5.74) is 2.13. The maximum Gasteiger partial charge on any atom is 0.250 e. The van der Waals surface area contributed by atoms with Gasteiger partial charge in [-0.1, -0.05) is 24.3 Å². The molecule has 3 heteroatoms. The van der Waals surface area contributed by atoms with Gasteiger partial charge in [0.05, 0.1) is 0 Å². The van der Waals surface area contributed by atoms with Crippen LogP contribution in [0.15, 0.2) is 53.3 Å². The fourth-order valence-corrected chi connectivity index (χ4v) is 1.78. The SMILES string of the molecule is Cc1cccc(=O)n1CCNc1ccccc1. The fraction of sp³-hybridized carbons (Fsp3) is 0.214. The van der Waals surface area contributed by atoms with Gasteiger partial charge in [0.25, 0.3) is 5.56 Å². The molecule has 0 aliphatic carbocycles. The smallest absolute Gasteiger partial charge is 0.250 e. The van der Waals surface area contributed by atoms with Crippen molar-refractivity contribution >= 4 is 5.69 Å². The van der Waals surface area contributed by atoms with Crippen LogP contribution in [0.4, 0.5) is 5.69 Å². The lowest BCUT2D eigenvalue weighted by Gasteiger charge is -2.10. The predicted molar refractivity (Wildman–Crippen MR) is 70.4 cm³/mol. The van der Waals surface area contributed by atoms with E-state index in [9.17, 15) is 4.79 Å². The van der Waals surface area contributed by atoms with E-state index >= 15 is 0 Å². The quantitative estimate of drug-likeness (QED) is 0.871. The van der Waals surface area contributed by atoms with Crippen molar-refractivity contribution in [1.82, 2.24) is 4.57 Å². The Kier molecular flexibility index (Phi) is 3.60. The van der Waals surface area contributed by atoms with E-state index in [1.54, 1.807) is 16.7 Å². The first-order valence-electron chi connectivity index (χ1n) is 5.73. The molecule has 0 saturated heterocycles. The van der Waals surface area contributed by atoms with E-state index in [1.165, 1.54) is 0 Å². The molecule has 0 fully saturated rings. The van der Waals surface area contributed by atoms with Gasteiger partial charge in [-0.25, -0.2) is 0 Å². The number of benzene rings is 1. The van der Waals surface area contributed by atoms with Gasteiger partial charge in [-0.3, -0.25) is 4.79 Å². The van der Waals surface area contributed by atoms with Crippen LogP contribution in [0.3, 0.4) is 0 Å². The minimum atomic E-state index is 0.0554. The van der Waals surface area contributed by atoms with Gasteiger partial charge in [-0.15, -0.1) is 0 Å². The molecular formula is C14H16N2O. The summed E-state index contributed by atoms with van der Waals surface area (Å²) in [5, 5.41) is 3.29. The zero-order chi connectivity index (χ0) is 12.1. The number of aryl methyl sites for hydroxylation is 1. The van der Waals surface area contributed by atoms with E-state index in [0.717, 1.165) is 17.9 Å². The van der Waals surface area contributed by atoms with Crippen molar-refractivity contribution in [2.75, 3.05) is 11.9 Å². The molecular weight excluding hydrogens is 212 g/mol. The number of nitrogens with zero attached hydrogens (tertiary/aromatic N) is 1. The lowest BCUT2D eigenvalue weighted by molar-refractivity contribution is 0.675. The summed E-state index contributed by atoms with van der Waals surface area (Å²) in [6.07, 6.45) is 0. The van der Waals surface area contributed by atoms with E-state index < -0.39 is 0 Å². The molecule has 0 bridgehead atoms. The highest BCUT2D eigenvalue weighted by atomic mass is 16.1. The molecule has 0 aliphatic heterocycles. The second-order valence-corrected chi connectivity index (χ2v) is 3.95. The Balaban J connectivity index is 1.97. The number of hydrogen-bond donors (Lipinski definition) is 1. The van der Waals surface area contributed by atoms with Gasteiger partial charge in [0.2, 0.25) is 0 Å². The second kappa shape index (κ2) is 5.34. The molecule has 2 aromatic rings. The van der Waals surface area contributed by atoms with Crippen LogP contribution < -0.4 is 10.9 Å². The molecule has 1 heterocycles. The molecule has 0 spiro atoms. The number of nitrogens with one attached hydrogen (secondary N) is 1.